The van der Waals surface area contributed by atoms with Gasteiger partial charge in [-0.15, -0.1) is 23.5 Å². The molecular formula is C22H19Cl5F2N8O2S2. The van der Waals surface area contributed by atoms with Crippen LogP contribution < -0.4 is 11.1 Å². The number of aryl methyl sites for hydroxylation is 2. The Balaban J connectivity index is 0.000000241. The number of thioether (sulfide) groups is 2. The van der Waals surface area contributed by atoms with Gasteiger partial charge in [0.15, 0.2) is 0 Å². The molecule has 1 amide bonds. The van der Waals surface area contributed by atoms with Gasteiger partial charge in [0, 0.05) is 23.9 Å². The van der Waals surface area contributed by atoms with Crippen molar-refractivity contribution in [1.82, 2.24) is 29.5 Å². The first kappa shape index (κ1) is 34.9. The van der Waals surface area contributed by atoms with E-state index in [1.807, 2.05) is 0 Å². The Bertz CT molecular complexity index is 1550. The van der Waals surface area contributed by atoms with Crippen molar-refractivity contribution < 1.29 is 18.4 Å². The van der Waals surface area contributed by atoms with E-state index < -0.39 is 22.8 Å². The average Bonchev–Trinajstić information content (AvgIpc) is 3.46. The molecule has 3 N–H and O–H groups in total. The smallest absolute Gasteiger partial charge is 0.262 e. The summed E-state index contributed by atoms with van der Waals surface area (Å²) in [7, 11) is 3.33. The van der Waals surface area contributed by atoms with Crippen LogP contribution in [0.5, 0.6) is 0 Å². The van der Waals surface area contributed by atoms with Gasteiger partial charge in [0.1, 0.15) is 24.3 Å². The Hall–Kier alpha value is -2.33. The number of benzene rings is 2. The molecule has 0 saturated heterocycles. The molecule has 2 aromatic carbocycles. The molecule has 4 aromatic rings. The Morgan fingerprint density at radius 3 is 1.68 bits per heavy atom. The molecule has 0 saturated carbocycles. The van der Waals surface area contributed by atoms with E-state index in [9.17, 15) is 18.4 Å². The molecule has 0 aliphatic rings. The third kappa shape index (κ3) is 8.83. The number of carbonyl (C=O) groups is 2. The number of halogens is 7. The predicted octanol–water partition coefficient (Wildman–Crippen LogP) is 6.87. The fraction of sp³-hybridized carbons (Fsp3) is 0.182. The third-order valence-electron chi connectivity index (χ3n) is 4.77. The first-order valence-electron chi connectivity index (χ1n) is 10.6. The summed E-state index contributed by atoms with van der Waals surface area (Å²) in [5, 5.41) is 9.26. The monoisotopic (exact) mass is 704 g/mol. The van der Waals surface area contributed by atoms with Crippen LogP contribution in [-0.4, -0.2) is 53.2 Å². The lowest BCUT2D eigenvalue weighted by molar-refractivity contribution is 0.102. The summed E-state index contributed by atoms with van der Waals surface area (Å²) in [6.07, 6.45) is 6.13. The normalized spacial score (nSPS) is 10.3. The summed E-state index contributed by atoms with van der Waals surface area (Å²) in [6.45, 7) is 0. The van der Waals surface area contributed by atoms with Gasteiger partial charge in [0.2, 0.25) is 11.9 Å². The fourth-order valence-electron chi connectivity index (χ4n) is 2.79. The number of anilines is 2. The molecule has 19 heteroatoms. The van der Waals surface area contributed by atoms with Gasteiger partial charge in [-0.1, -0.05) is 46.4 Å². The molecule has 0 atom stereocenters. The van der Waals surface area contributed by atoms with Crippen LogP contribution in [0.15, 0.2) is 34.6 Å². The molecule has 0 fully saturated rings. The molecule has 4 rings (SSSR count). The summed E-state index contributed by atoms with van der Waals surface area (Å²) >= 11 is 31.0. The van der Waals surface area contributed by atoms with Gasteiger partial charge in [-0.2, -0.15) is 15.2 Å². The Labute approximate surface area is 266 Å². The third-order valence-corrected chi connectivity index (χ3v) is 8.42. The van der Waals surface area contributed by atoms with E-state index in [4.69, 9.17) is 63.7 Å². The molecule has 0 aliphatic carbocycles. The van der Waals surface area contributed by atoms with E-state index in [1.54, 1.807) is 26.6 Å². The van der Waals surface area contributed by atoms with Crippen LogP contribution in [0.25, 0.3) is 0 Å². The average molecular weight is 707 g/mol. The van der Waals surface area contributed by atoms with E-state index in [2.05, 4.69) is 25.5 Å². The molecule has 41 heavy (non-hydrogen) atoms. The number of carbonyl (C=O) groups excluding carboxylic acids is 2. The van der Waals surface area contributed by atoms with E-state index in [-0.39, 0.29) is 37.2 Å². The highest BCUT2D eigenvalue weighted by atomic mass is 35.5. The number of hydrogen-bond acceptors (Lipinski definition) is 9. The molecule has 0 radical (unpaired) electrons. The quantitative estimate of drug-likeness (QED) is 0.169. The van der Waals surface area contributed by atoms with Crippen molar-refractivity contribution in [2.24, 2.45) is 14.1 Å². The maximum atomic E-state index is 13.9. The first-order chi connectivity index (χ1) is 19.2. The van der Waals surface area contributed by atoms with Gasteiger partial charge in [0.05, 0.1) is 31.2 Å². The van der Waals surface area contributed by atoms with E-state index in [0.717, 1.165) is 12.1 Å². The van der Waals surface area contributed by atoms with Gasteiger partial charge in [-0.25, -0.2) is 23.1 Å². The summed E-state index contributed by atoms with van der Waals surface area (Å²) in [5.41, 5.74) is 4.62. The zero-order valence-corrected chi connectivity index (χ0v) is 26.8. The number of nitrogen functional groups attached to an aromatic ring is 1. The van der Waals surface area contributed by atoms with Crippen LogP contribution in [0, 0.1) is 11.6 Å². The van der Waals surface area contributed by atoms with Crippen LogP contribution >= 0.6 is 81.5 Å². The highest BCUT2D eigenvalue weighted by molar-refractivity contribution is 7.99. The lowest BCUT2D eigenvalue weighted by atomic mass is 10.2. The molecule has 0 unspecified atom stereocenters. The van der Waals surface area contributed by atoms with E-state index >= 15 is 0 Å². The van der Waals surface area contributed by atoms with Crippen molar-refractivity contribution in [1.29, 1.82) is 0 Å². The SMILES string of the molecule is CSc1c(Cl)cc(F)c(C(=O)Cl)c1Cl.CSc1c(Cl)cc(F)c(C(=O)Nc2ncnn2C)c1Cl.Cn1ncnc1N. The topological polar surface area (TPSA) is 134 Å². The van der Waals surface area contributed by atoms with Crippen molar-refractivity contribution in [2.75, 3.05) is 23.6 Å². The zero-order valence-electron chi connectivity index (χ0n) is 21.3. The molecule has 220 valence electrons. The highest BCUT2D eigenvalue weighted by Crippen LogP contribution is 2.38. The number of nitrogens with two attached hydrogens (primary N) is 1. The second-order valence-electron chi connectivity index (χ2n) is 7.30. The minimum atomic E-state index is -0.931. The van der Waals surface area contributed by atoms with E-state index in [1.165, 1.54) is 45.5 Å². The lowest BCUT2D eigenvalue weighted by Gasteiger charge is -2.11. The summed E-state index contributed by atoms with van der Waals surface area (Å²) < 4.78 is 30.0. The maximum absolute atomic E-state index is 13.9. The largest absolute Gasteiger partial charge is 0.368 e. The van der Waals surface area contributed by atoms with Crippen molar-refractivity contribution in [2.45, 2.75) is 9.79 Å². The number of nitrogens with zero attached hydrogens (tertiary/aromatic N) is 6. The van der Waals surface area contributed by atoms with Crippen molar-refractivity contribution in [3.05, 3.63) is 67.6 Å². The summed E-state index contributed by atoms with van der Waals surface area (Å²) in [5.74, 6) is -1.68. The predicted molar refractivity (Wildman–Crippen MR) is 161 cm³/mol. The number of rotatable bonds is 5. The van der Waals surface area contributed by atoms with Gasteiger partial charge in [0.25, 0.3) is 11.1 Å². The van der Waals surface area contributed by atoms with Crippen LogP contribution in [0.2, 0.25) is 20.1 Å². The van der Waals surface area contributed by atoms with Gasteiger partial charge < -0.3 is 5.73 Å². The molecule has 2 aromatic heterocycles. The van der Waals surface area contributed by atoms with Crippen molar-refractivity contribution >= 4 is 105 Å². The van der Waals surface area contributed by atoms with Gasteiger partial charge in [-0.3, -0.25) is 14.9 Å². The second kappa shape index (κ2) is 15.8. The number of aromatic nitrogens is 6. The maximum Gasteiger partial charge on any atom is 0.262 e. The first-order valence-corrected chi connectivity index (χ1v) is 15.0. The van der Waals surface area contributed by atoms with E-state index in [0.29, 0.717) is 15.7 Å². The highest BCUT2D eigenvalue weighted by Gasteiger charge is 2.23. The Kier molecular flexibility index (Phi) is 13.4. The molecular weight excluding hydrogens is 688 g/mol. The molecule has 10 nitrogen and oxygen atoms in total. The van der Waals surface area contributed by atoms with Crippen LogP contribution in [-0.2, 0) is 14.1 Å². The lowest BCUT2D eigenvalue weighted by Crippen LogP contribution is -2.17. The van der Waals surface area contributed by atoms with Crippen LogP contribution in [0.3, 0.4) is 0 Å². The molecule has 0 spiro atoms. The number of hydrogen-bond donors (Lipinski definition) is 2. The summed E-state index contributed by atoms with van der Waals surface area (Å²) in [6, 6.07) is 2.08. The fourth-order valence-corrected chi connectivity index (χ4v) is 6.05. The minimum absolute atomic E-state index is 0.0258. The van der Waals surface area contributed by atoms with Crippen molar-refractivity contribution in [3.8, 4) is 0 Å². The van der Waals surface area contributed by atoms with Crippen LogP contribution in [0.4, 0.5) is 20.7 Å². The van der Waals surface area contributed by atoms with Crippen molar-refractivity contribution in [3.63, 3.8) is 0 Å². The Morgan fingerprint density at radius 2 is 1.32 bits per heavy atom. The van der Waals surface area contributed by atoms with Gasteiger partial charge >= 0.3 is 0 Å². The zero-order chi connectivity index (χ0) is 31.0. The standard InChI is InChI=1S/C11H9Cl2FN4OS.C8H4Cl3FOS.C3H6N4/c1-18-11(15-4-16-18)17-10(19)7-6(14)3-5(12)9(20-2)8(7)13;1-14-7-3(9)2-4(12)5(6(7)10)8(11)13;1-7-3(4)5-2-6-7/h3-4H,1-2H3,(H,15,16,17,19);2H,1H3;2H,1H3,(H2,4,5,6). The Morgan fingerprint density at radius 1 is 0.854 bits per heavy atom. The van der Waals surface area contributed by atoms with Gasteiger partial charge in [-0.05, 0) is 36.2 Å². The van der Waals surface area contributed by atoms with Crippen LogP contribution in [0.1, 0.15) is 20.7 Å². The molecule has 0 bridgehead atoms. The number of amides is 1. The molecule has 0 aliphatic heterocycles. The number of nitrogens with one attached hydrogen (secondary N) is 1. The molecule has 2 heterocycles. The summed E-state index contributed by atoms with van der Waals surface area (Å²) in [4.78, 5) is 31.3. The second-order valence-corrected chi connectivity index (χ2v) is 10.8. The minimum Gasteiger partial charge on any atom is -0.368 e.